The fourth-order valence-corrected chi connectivity index (χ4v) is 3.17. The monoisotopic (exact) mass is 492 g/mol. The first-order valence-electron chi connectivity index (χ1n) is 6.68. The largest absolute Gasteiger partial charge is 0.286 e. The minimum Gasteiger partial charge on any atom is -0.266 e. The van der Waals surface area contributed by atoms with Gasteiger partial charge in [0.1, 0.15) is 0 Å². The standard InChI is InChI=1S/C15H14I2N2O/c16-13-9-18-19(15(20)14(13)17)12-6-2-5-11(8-12)7-10-3-1-4-10/h2,5-6,8-10H,1,3-4,7H2. The van der Waals surface area contributed by atoms with Crippen molar-refractivity contribution in [2.24, 2.45) is 5.92 Å². The molecule has 1 aromatic heterocycles. The van der Waals surface area contributed by atoms with E-state index in [0.717, 1.165) is 25.2 Å². The lowest BCUT2D eigenvalue weighted by atomic mass is 9.81. The lowest BCUT2D eigenvalue weighted by Crippen LogP contribution is -2.24. The van der Waals surface area contributed by atoms with Crippen molar-refractivity contribution < 1.29 is 0 Å². The smallest absolute Gasteiger partial charge is 0.266 e. The van der Waals surface area contributed by atoms with Gasteiger partial charge in [-0.1, -0.05) is 31.4 Å². The Kier molecular flexibility index (Phi) is 4.44. The molecule has 0 aliphatic heterocycles. The van der Waals surface area contributed by atoms with Crippen LogP contribution in [-0.4, -0.2) is 9.78 Å². The molecule has 0 saturated heterocycles. The zero-order valence-corrected chi connectivity index (χ0v) is 15.2. The quantitative estimate of drug-likeness (QED) is 0.612. The first-order chi connectivity index (χ1) is 9.65. The van der Waals surface area contributed by atoms with Crippen molar-refractivity contribution in [1.82, 2.24) is 9.78 Å². The van der Waals surface area contributed by atoms with Crippen molar-refractivity contribution in [2.75, 3.05) is 0 Å². The van der Waals surface area contributed by atoms with Crippen LogP contribution in [0.2, 0.25) is 0 Å². The molecule has 1 aliphatic rings. The van der Waals surface area contributed by atoms with E-state index in [2.05, 4.69) is 62.4 Å². The Bertz CT molecular complexity index is 693. The summed E-state index contributed by atoms with van der Waals surface area (Å²) in [4.78, 5) is 12.3. The molecule has 20 heavy (non-hydrogen) atoms. The number of halogens is 2. The molecule has 0 atom stereocenters. The lowest BCUT2D eigenvalue weighted by Gasteiger charge is -2.25. The van der Waals surface area contributed by atoms with Crippen LogP contribution in [0.5, 0.6) is 0 Å². The van der Waals surface area contributed by atoms with Crippen molar-refractivity contribution in [3.63, 3.8) is 0 Å². The van der Waals surface area contributed by atoms with E-state index < -0.39 is 0 Å². The van der Waals surface area contributed by atoms with E-state index >= 15 is 0 Å². The highest BCUT2D eigenvalue weighted by atomic mass is 127. The van der Waals surface area contributed by atoms with Crippen LogP contribution in [0.3, 0.4) is 0 Å². The summed E-state index contributed by atoms with van der Waals surface area (Å²) < 4.78 is 3.12. The summed E-state index contributed by atoms with van der Waals surface area (Å²) in [5.41, 5.74) is 2.12. The van der Waals surface area contributed by atoms with Crippen molar-refractivity contribution >= 4 is 45.2 Å². The Labute approximate surface area is 145 Å². The van der Waals surface area contributed by atoms with E-state index in [9.17, 15) is 4.79 Å². The van der Waals surface area contributed by atoms with Crippen molar-refractivity contribution in [2.45, 2.75) is 25.7 Å². The Morgan fingerprint density at radius 2 is 2.10 bits per heavy atom. The highest BCUT2D eigenvalue weighted by Crippen LogP contribution is 2.30. The van der Waals surface area contributed by atoms with Gasteiger partial charge in [0.2, 0.25) is 0 Å². The van der Waals surface area contributed by atoms with Crippen LogP contribution >= 0.6 is 45.2 Å². The van der Waals surface area contributed by atoms with Gasteiger partial charge >= 0.3 is 0 Å². The lowest BCUT2D eigenvalue weighted by molar-refractivity contribution is 0.314. The van der Waals surface area contributed by atoms with Crippen molar-refractivity contribution in [3.8, 4) is 5.69 Å². The zero-order chi connectivity index (χ0) is 14.1. The van der Waals surface area contributed by atoms with Crippen LogP contribution in [0, 0.1) is 13.1 Å². The molecule has 0 spiro atoms. The first-order valence-corrected chi connectivity index (χ1v) is 8.83. The van der Waals surface area contributed by atoms with Gasteiger partial charge in [-0.15, -0.1) is 0 Å². The van der Waals surface area contributed by atoms with Crippen LogP contribution in [0.15, 0.2) is 35.3 Å². The number of hydrogen-bond donors (Lipinski definition) is 0. The zero-order valence-electron chi connectivity index (χ0n) is 10.9. The maximum atomic E-state index is 12.3. The van der Waals surface area contributed by atoms with Crippen LogP contribution in [0.4, 0.5) is 0 Å². The summed E-state index contributed by atoms with van der Waals surface area (Å²) in [6.07, 6.45) is 6.89. The minimum absolute atomic E-state index is 0.0432. The van der Waals surface area contributed by atoms with Crippen LogP contribution in [0.1, 0.15) is 24.8 Å². The van der Waals surface area contributed by atoms with Gasteiger partial charge in [-0.3, -0.25) is 4.79 Å². The average molecular weight is 492 g/mol. The molecular formula is C15H14I2N2O. The van der Waals surface area contributed by atoms with Gasteiger partial charge in [0.15, 0.2) is 0 Å². The topological polar surface area (TPSA) is 34.9 Å². The number of hydrogen-bond acceptors (Lipinski definition) is 2. The molecule has 1 heterocycles. The summed E-state index contributed by atoms with van der Waals surface area (Å²) in [7, 11) is 0. The highest BCUT2D eigenvalue weighted by molar-refractivity contribution is 14.1. The van der Waals surface area contributed by atoms with Gasteiger partial charge in [-0.2, -0.15) is 9.78 Å². The molecule has 0 unspecified atom stereocenters. The first kappa shape index (κ1) is 14.5. The molecule has 0 amide bonds. The number of benzene rings is 1. The molecule has 104 valence electrons. The van der Waals surface area contributed by atoms with Gasteiger partial charge < -0.3 is 0 Å². The van der Waals surface area contributed by atoms with E-state index in [-0.39, 0.29) is 5.56 Å². The Morgan fingerprint density at radius 1 is 1.30 bits per heavy atom. The molecule has 1 aromatic carbocycles. The van der Waals surface area contributed by atoms with E-state index in [1.54, 1.807) is 6.20 Å². The molecule has 2 aromatic rings. The summed E-state index contributed by atoms with van der Waals surface area (Å²) in [5.74, 6) is 0.826. The van der Waals surface area contributed by atoms with Crippen LogP contribution in [-0.2, 0) is 6.42 Å². The Balaban J connectivity index is 1.95. The molecular weight excluding hydrogens is 478 g/mol. The fraction of sp³-hybridized carbons (Fsp3) is 0.333. The molecule has 3 nitrogen and oxygen atoms in total. The van der Waals surface area contributed by atoms with Gasteiger partial charge in [-0.05, 0) is 75.2 Å². The minimum atomic E-state index is -0.0432. The Morgan fingerprint density at radius 3 is 2.80 bits per heavy atom. The third kappa shape index (κ3) is 2.93. The predicted octanol–water partition coefficient (Wildman–Crippen LogP) is 3.78. The maximum absolute atomic E-state index is 12.3. The predicted molar refractivity (Wildman–Crippen MR) is 96.3 cm³/mol. The molecule has 0 bridgehead atoms. The average Bonchev–Trinajstić information content (AvgIpc) is 2.41. The summed E-state index contributed by atoms with van der Waals surface area (Å²) in [6.45, 7) is 0. The van der Waals surface area contributed by atoms with Gasteiger partial charge in [0.05, 0.1) is 19.0 Å². The van der Waals surface area contributed by atoms with E-state index in [1.807, 2.05) is 12.1 Å². The van der Waals surface area contributed by atoms with E-state index in [4.69, 9.17) is 0 Å². The summed E-state index contributed by atoms with van der Waals surface area (Å²) >= 11 is 4.22. The molecule has 1 saturated carbocycles. The summed E-state index contributed by atoms with van der Waals surface area (Å²) in [5, 5.41) is 4.26. The van der Waals surface area contributed by atoms with Crippen molar-refractivity contribution in [1.29, 1.82) is 0 Å². The molecule has 1 fully saturated rings. The van der Waals surface area contributed by atoms with Crippen LogP contribution < -0.4 is 5.56 Å². The molecule has 1 aliphatic carbocycles. The van der Waals surface area contributed by atoms with Crippen LogP contribution in [0.25, 0.3) is 5.69 Å². The van der Waals surface area contributed by atoms with Gasteiger partial charge in [0, 0.05) is 0 Å². The molecule has 0 radical (unpaired) electrons. The number of rotatable bonds is 3. The summed E-state index contributed by atoms with van der Waals surface area (Å²) in [6, 6.07) is 8.20. The van der Waals surface area contributed by atoms with E-state index in [0.29, 0.717) is 0 Å². The second-order valence-electron chi connectivity index (χ2n) is 5.19. The third-order valence-electron chi connectivity index (χ3n) is 3.78. The fourth-order valence-electron chi connectivity index (χ4n) is 2.44. The number of aromatic nitrogens is 2. The second kappa shape index (κ2) is 6.13. The van der Waals surface area contributed by atoms with Gasteiger partial charge in [-0.25, -0.2) is 0 Å². The maximum Gasteiger partial charge on any atom is 0.286 e. The second-order valence-corrected chi connectivity index (χ2v) is 7.44. The third-order valence-corrected chi connectivity index (χ3v) is 6.67. The molecule has 5 heteroatoms. The van der Waals surface area contributed by atoms with Gasteiger partial charge in [0.25, 0.3) is 5.56 Å². The van der Waals surface area contributed by atoms with E-state index in [1.165, 1.54) is 29.5 Å². The molecule has 0 N–H and O–H groups in total. The van der Waals surface area contributed by atoms with Crippen molar-refractivity contribution in [3.05, 3.63) is 53.5 Å². The normalized spacial score (nSPS) is 15.1. The highest BCUT2D eigenvalue weighted by Gasteiger charge is 2.18. The Hall–Kier alpha value is -0.440. The SMILES string of the molecule is O=c1c(I)c(I)cnn1-c1cccc(CC2CCC2)c1. The molecule has 3 rings (SSSR count). The number of nitrogens with zero attached hydrogens (tertiary/aromatic N) is 2.